The third kappa shape index (κ3) is 5.53. The topological polar surface area (TPSA) is 22.8 Å². The first-order chi connectivity index (χ1) is 29.2. The van der Waals surface area contributed by atoms with Crippen LogP contribution >= 0.6 is 11.3 Å². The fourth-order valence-corrected chi connectivity index (χ4v) is 10.0. The molecule has 59 heavy (non-hydrogen) atoms. The summed E-state index contributed by atoms with van der Waals surface area (Å²) in [6.45, 7) is 0. The molecule has 276 valence electrons. The Morgan fingerprint density at radius 2 is 0.847 bits per heavy atom. The van der Waals surface area contributed by atoms with Gasteiger partial charge in [-0.25, -0.2) is 4.98 Å². The van der Waals surface area contributed by atoms with Crippen LogP contribution in [0.5, 0.6) is 0 Å². The van der Waals surface area contributed by atoms with E-state index in [9.17, 15) is 0 Å². The van der Waals surface area contributed by atoms with Crippen molar-refractivity contribution in [2.75, 3.05) is 0 Å². The number of hydrogen-bond donors (Lipinski definition) is 0. The van der Waals surface area contributed by atoms with Crippen LogP contribution in [0.15, 0.2) is 212 Å². The number of thiazole rings is 1. The molecule has 9 aromatic carbocycles. The molecule has 0 atom stereocenters. The van der Waals surface area contributed by atoms with Gasteiger partial charge >= 0.3 is 0 Å². The zero-order valence-corrected chi connectivity index (χ0v) is 32.8. The van der Waals surface area contributed by atoms with E-state index in [4.69, 9.17) is 4.98 Å². The number of rotatable bonds is 6. The summed E-state index contributed by atoms with van der Waals surface area (Å²) in [6.07, 6.45) is 0. The summed E-state index contributed by atoms with van der Waals surface area (Å²) in [5.74, 6) is 0. The Morgan fingerprint density at radius 1 is 0.339 bits per heavy atom. The molecule has 0 aliphatic rings. The fourth-order valence-electron chi connectivity index (χ4n) is 9.01. The fraction of sp³-hybridized carbons (Fsp3) is 0. The van der Waals surface area contributed by atoms with Crippen molar-refractivity contribution in [2.45, 2.75) is 0 Å². The Hall–Kier alpha value is -7.53. The third-order valence-corrected chi connectivity index (χ3v) is 12.8. The van der Waals surface area contributed by atoms with Gasteiger partial charge in [-0.3, -0.25) is 0 Å². The van der Waals surface area contributed by atoms with Crippen molar-refractivity contribution in [1.29, 1.82) is 0 Å². The second kappa shape index (κ2) is 13.6. The molecule has 0 N–H and O–H groups in total. The zero-order valence-electron chi connectivity index (χ0n) is 32.0. The van der Waals surface area contributed by atoms with Crippen LogP contribution in [0, 0.1) is 0 Å². The molecule has 3 heterocycles. The van der Waals surface area contributed by atoms with Gasteiger partial charge in [0.05, 0.1) is 38.0 Å². The van der Waals surface area contributed by atoms with Gasteiger partial charge < -0.3 is 9.13 Å². The van der Waals surface area contributed by atoms with Crippen LogP contribution < -0.4 is 0 Å². The predicted molar refractivity (Wildman–Crippen MR) is 250 cm³/mol. The molecule has 0 spiro atoms. The van der Waals surface area contributed by atoms with Crippen LogP contribution in [0.4, 0.5) is 0 Å². The lowest BCUT2D eigenvalue weighted by atomic mass is 9.98. The molecule has 3 aromatic heterocycles. The lowest BCUT2D eigenvalue weighted by Gasteiger charge is -2.14. The van der Waals surface area contributed by atoms with E-state index in [-0.39, 0.29) is 0 Å². The number of benzene rings is 9. The minimum absolute atomic E-state index is 1.03. The third-order valence-electron chi connectivity index (χ3n) is 11.7. The van der Waals surface area contributed by atoms with E-state index in [1.807, 2.05) is 0 Å². The van der Waals surface area contributed by atoms with Crippen LogP contribution in [0.3, 0.4) is 0 Å². The van der Waals surface area contributed by atoms with Gasteiger partial charge in [0, 0.05) is 32.8 Å². The molecule has 4 heteroatoms. The van der Waals surface area contributed by atoms with Crippen molar-refractivity contribution in [3.8, 4) is 55.3 Å². The second-order valence-corrected chi connectivity index (χ2v) is 16.2. The van der Waals surface area contributed by atoms with Gasteiger partial charge in [-0.1, -0.05) is 133 Å². The normalized spacial score (nSPS) is 11.7. The first-order valence-electron chi connectivity index (χ1n) is 20.0. The van der Waals surface area contributed by atoms with Crippen LogP contribution in [0.2, 0.25) is 0 Å². The van der Waals surface area contributed by atoms with Gasteiger partial charge in [0.15, 0.2) is 0 Å². The van der Waals surface area contributed by atoms with Gasteiger partial charge in [-0.05, 0) is 112 Å². The largest absolute Gasteiger partial charge is 0.309 e. The highest BCUT2D eigenvalue weighted by Crippen LogP contribution is 2.42. The Kier molecular flexibility index (Phi) is 7.72. The number of hydrogen-bond acceptors (Lipinski definition) is 2. The van der Waals surface area contributed by atoms with Gasteiger partial charge in [0.2, 0.25) is 0 Å². The quantitative estimate of drug-likeness (QED) is 0.165. The Morgan fingerprint density at radius 3 is 1.49 bits per heavy atom. The summed E-state index contributed by atoms with van der Waals surface area (Å²) in [4.78, 5) is 5.07. The number of aromatic nitrogens is 3. The van der Waals surface area contributed by atoms with E-state index in [2.05, 4.69) is 221 Å². The molecule has 0 fully saturated rings. The molecule has 0 radical (unpaired) electrons. The van der Waals surface area contributed by atoms with Crippen molar-refractivity contribution < 1.29 is 0 Å². The standard InChI is InChI=1S/C55H35N3S/c1-3-15-36(16-4-1)40-31-41(37-17-5-2-6-18-37)33-42(32-40)57-49-23-11-7-19-43(49)46-34-38(27-29-52(46)57)39-28-30-53-47(35-39)44-20-8-12-24-50(44)58(53)51-25-13-9-21-45(51)55-56-48-22-10-14-26-54(48)59-55/h1-35H. The first-order valence-corrected chi connectivity index (χ1v) is 20.9. The summed E-state index contributed by atoms with van der Waals surface area (Å²) in [7, 11) is 0. The maximum absolute atomic E-state index is 5.07. The number of fused-ring (bicyclic) bond motifs is 7. The highest BCUT2D eigenvalue weighted by Gasteiger charge is 2.19. The molecule has 0 aliphatic heterocycles. The molecular formula is C55H35N3S. The van der Waals surface area contributed by atoms with Gasteiger partial charge in [0.1, 0.15) is 5.01 Å². The van der Waals surface area contributed by atoms with Crippen molar-refractivity contribution in [1.82, 2.24) is 14.1 Å². The van der Waals surface area contributed by atoms with E-state index in [1.165, 1.54) is 81.7 Å². The van der Waals surface area contributed by atoms with Crippen LogP contribution in [-0.2, 0) is 0 Å². The van der Waals surface area contributed by atoms with E-state index in [0.29, 0.717) is 0 Å². The molecule has 0 bridgehead atoms. The predicted octanol–water partition coefficient (Wildman–Crippen LogP) is 15.2. The molecule has 12 rings (SSSR count). The van der Waals surface area contributed by atoms with Gasteiger partial charge in [-0.2, -0.15) is 0 Å². The molecule has 0 aliphatic carbocycles. The smallest absolute Gasteiger partial charge is 0.126 e. The Labute approximate surface area is 345 Å². The summed E-state index contributed by atoms with van der Waals surface area (Å²) in [5.41, 5.74) is 16.3. The lowest BCUT2D eigenvalue weighted by Crippen LogP contribution is -1.97. The highest BCUT2D eigenvalue weighted by molar-refractivity contribution is 7.21. The average molecular weight is 770 g/mol. The molecule has 0 saturated heterocycles. The summed E-state index contributed by atoms with van der Waals surface area (Å²) in [6, 6.07) is 77.0. The van der Waals surface area contributed by atoms with Crippen molar-refractivity contribution >= 4 is 65.2 Å². The van der Waals surface area contributed by atoms with E-state index >= 15 is 0 Å². The van der Waals surface area contributed by atoms with E-state index in [0.717, 1.165) is 27.5 Å². The van der Waals surface area contributed by atoms with E-state index < -0.39 is 0 Å². The van der Waals surface area contributed by atoms with Crippen LogP contribution in [-0.4, -0.2) is 14.1 Å². The SMILES string of the molecule is c1ccc(-c2cc(-c3ccccc3)cc(-n3c4ccccc4c4cc(-c5ccc6c(c5)c5ccccc5n6-c5ccccc5-c5nc6ccccc6s5)ccc43)c2)cc1. The minimum Gasteiger partial charge on any atom is -0.309 e. The average Bonchev–Trinajstić information content (AvgIpc) is 3.99. The van der Waals surface area contributed by atoms with Gasteiger partial charge in [0.25, 0.3) is 0 Å². The first kappa shape index (κ1) is 33.6. The number of nitrogens with zero attached hydrogens (tertiary/aromatic N) is 3. The second-order valence-electron chi connectivity index (χ2n) is 15.2. The highest BCUT2D eigenvalue weighted by atomic mass is 32.1. The monoisotopic (exact) mass is 769 g/mol. The van der Waals surface area contributed by atoms with Crippen LogP contribution in [0.25, 0.3) is 109 Å². The lowest BCUT2D eigenvalue weighted by molar-refractivity contribution is 1.18. The zero-order chi connectivity index (χ0) is 38.9. The van der Waals surface area contributed by atoms with Crippen molar-refractivity contribution in [2.24, 2.45) is 0 Å². The molecule has 3 nitrogen and oxygen atoms in total. The summed E-state index contributed by atoms with van der Waals surface area (Å²) < 4.78 is 6.05. The van der Waals surface area contributed by atoms with E-state index in [1.54, 1.807) is 11.3 Å². The number of para-hydroxylation sites is 4. The van der Waals surface area contributed by atoms with Crippen molar-refractivity contribution in [3.05, 3.63) is 212 Å². The maximum Gasteiger partial charge on any atom is 0.126 e. The summed E-state index contributed by atoms with van der Waals surface area (Å²) >= 11 is 1.75. The molecule has 0 amide bonds. The molecule has 0 unspecified atom stereocenters. The molecule has 0 saturated carbocycles. The Balaban J connectivity index is 1.02. The molecule has 12 aromatic rings. The van der Waals surface area contributed by atoms with Crippen LogP contribution in [0.1, 0.15) is 0 Å². The summed E-state index contributed by atoms with van der Waals surface area (Å²) in [5, 5.41) is 5.95. The Bertz CT molecular complexity index is 3460. The molecular weight excluding hydrogens is 735 g/mol. The minimum atomic E-state index is 1.03. The van der Waals surface area contributed by atoms with Gasteiger partial charge in [-0.15, -0.1) is 11.3 Å². The maximum atomic E-state index is 5.07. The van der Waals surface area contributed by atoms with Crippen molar-refractivity contribution in [3.63, 3.8) is 0 Å².